The van der Waals surface area contributed by atoms with Crippen molar-refractivity contribution in [1.82, 2.24) is 4.90 Å². The molecular weight excluding hydrogens is 334 g/mol. The molecule has 0 radical (unpaired) electrons. The standard InChI is InChI=1S/C24H33NO2/c1-27-20-9-10-22-19(15-20)14-18-8-5-13-24(22)21(18)11-12-23(26)25(24)16-17-6-3-2-4-7-17/h9-10,15,17-18,21H,2-8,11-14,16H2,1H3/t18-,21+,24+/m1/s1. The molecule has 2 saturated carbocycles. The fourth-order valence-electron chi connectivity index (χ4n) is 7.04. The number of piperidine rings is 1. The summed E-state index contributed by atoms with van der Waals surface area (Å²) in [5.41, 5.74) is 2.86. The number of hydrogen-bond donors (Lipinski definition) is 0. The summed E-state index contributed by atoms with van der Waals surface area (Å²) in [5, 5.41) is 0. The van der Waals surface area contributed by atoms with E-state index in [4.69, 9.17) is 4.74 Å². The summed E-state index contributed by atoms with van der Waals surface area (Å²) in [4.78, 5) is 15.6. The molecule has 3 heteroatoms. The van der Waals surface area contributed by atoms with Gasteiger partial charge < -0.3 is 9.64 Å². The fraction of sp³-hybridized carbons (Fsp3) is 0.708. The zero-order chi connectivity index (χ0) is 18.4. The highest BCUT2D eigenvalue weighted by molar-refractivity contribution is 5.79. The summed E-state index contributed by atoms with van der Waals surface area (Å²) >= 11 is 0. The summed E-state index contributed by atoms with van der Waals surface area (Å²) in [6.07, 6.45) is 13.5. The lowest BCUT2D eigenvalue weighted by Gasteiger charge is -2.61. The molecule has 1 heterocycles. The molecule has 1 aliphatic heterocycles. The first-order valence-corrected chi connectivity index (χ1v) is 11.2. The maximum atomic E-state index is 13.3. The van der Waals surface area contributed by atoms with Crippen molar-refractivity contribution in [2.24, 2.45) is 17.8 Å². The van der Waals surface area contributed by atoms with E-state index in [0.29, 0.717) is 17.7 Å². The Morgan fingerprint density at radius 3 is 2.78 bits per heavy atom. The Morgan fingerprint density at radius 2 is 1.96 bits per heavy atom. The minimum Gasteiger partial charge on any atom is -0.497 e. The van der Waals surface area contributed by atoms with Crippen LogP contribution in [0.3, 0.4) is 0 Å². The van der Waals surface area contributed by atoms with Crippen LogP contribution < -0.4 is 4.74 Å². The number of likely N-dealkylation sites (tertiary alicyclic amines) is 1. The highest BCUT2D eigenvalue weighted by atomic mass is 16.5. The van der Waals surface area contributed by atoms with E-state index in [2.05, 4.69) is 23.1 Å². The summed E-state index contributed by atoms with van der Waals surface area (Å²) in [6, 6.07) is 6.68. The van der Waals surface area contributed by atoms with Crippen molar-refractivity contribution in [2.75, 3.05) is 13.7 Å². The minimum absolute atomic E-state index is 0.0322. The fourth-order valence-corrected chi connectivity index (χ4v) is 7.04. The quantitative estimate of drug-likeness (QED) is 0.747. The number of hydrogen-bond acceptors (Lipinski definition) is 2. The van der Waals surface area contributed by atoms with Gasteiger partial charge in [-0.1, -0.05) is 31.7 Å². The lowest BCUT2D eigenvalue weighted by atomic mass is 9.54. The number of carbonyl (C=O) groups is 1. The van der Waals surface area contributed by atoms with E-state index >= 15 is 0 Å². The van der Waals surface area contributed by atoms with Crippen molar-refractivity contribution in [3.05, 3.63) is 29.3 Å². The Labute approximate surface area is 163 Å². The van der Waals surface area contributed by atoms with Gasteiger partial charge in [-0.25, -0.2) is 0 Å². The van der Waals surface area contributed by atoms with Crippen LogP contribution in [0.1, 0.15) is 75.3 Å². The molecule has 1 saturated heterocycles. The number of carbonyl (C=O) groups excluding carboxylic acids is 1. The smallest absolute Gasteiger partial charge is 0.223 e. The molecule has 2 bridgehead atoms. The number of fused-ring (bicyclic) bond motifs is 1. The van der Waals surface area contributed by atoms with Crippen LogP contribution in [-0.4, -0.2) is 24.5 Å². The predicted molar refractivity (Wildman–Crippen MR) is 107 cm³/mol. The molecule has 0 N–H and O–H groups in total. The topological polar surface area (TPSA) is 29.5 Å². The number of rotatable bonds is 3. The van der Waals surface area contributed by atoms with Gasteiger partial charge in [0.15, 0.2) is 0 Å². The van der Waals surface area contributed by atoms with Crippen molar-refractivity contribution in [1.29, 1.82) is 0 Å². The van der Waals surface area contributed by atoms with Gasteiger partial charge in [0.25, 0.3) is 0 Å². The first kappa shape index (κ1) is 17.6. The molecular formula is C24H33NO2. The molecule has 0 spiro atoms. The first-order valence-electron chi connectivity index (χ1n) is 11.2. The van der Waals surface area contributed by atoms with Gasteiger partial charge in [-0.05, 0) is 79.5 Å². The van der Waals surface area contributed by atoms with Gasteiger partial charge in [0.05, 0.1) is 12.6 Å². The van der Waals surface area contributed by atoms with Crippen LogP contribution in [0.15, 0.2) is 18.2 Å². The first-order chi connectivity index (χ1) is 13.2. The molecule has 5 rings (SSSR count). The molecule has 4 aliphatic rings. The summed E-state index contributed by atoms with van der Waals surface area (Å²) in [5.74, 6) is 3.48. The lowest BCUT2D eigenvalue weighted by Crippen LogP contribution is -2.63. The SMILES string of the molecule is COc1ccc2c(c1)C[C@H]1CCC[C@]23[C@H]1CCC(=O)N3CC1CCCCC1. The second-order valence-corrected chi connectivity index (χ2v) is 9.46. The van der Waals surface area contributed by atoms with Gasteiger partial charge in [-0.2, -0.15) is 0 Å². The molecule has 27 heavy (non-hydrogen) atoms. The third kappa shape index (κ3) is 2.72. The molecule has 3 fully saturated rings. The molecule has 3 atom stereocenters. The number of methoxy groups -OCH3 is 1. The molecule has 0 unspecified atom stereocenters. The van der Waals surface area contributed by atoms with Gasteiger partial charge in [0, 0.05) is 13.0 Å². The average molecular weight is 368 g/mol. The molecule has 1 aromatic carbocycles. The largest absolute Gasteiger partial charge is 0.497 e. The van der Waals surface area contributed by atoms with Crippen LogP contribution >= 0.6 is 0 Å². The lowest BCUT2D eigenvalue weighted by molar-refractivity contribution is -0.158. The van der Waals surface area contributed by atoms with Crippen LogP contribution in [0.5, 0.6) is 5.75 Å². The van der Waals surface area contributed by atoms with E-state index < -0.39 is 0 Å². The second-order valence-electron chi connectivity index (χ2n) is 9.46. The monoisotopic (exact) mass is 367 g/mol. The maximum Gasteiger partial charge on any atom is 0.223 e. The van der Waals surface area contributed by atoms with E-state index in [1.165, 1.54) is 62.5 Å². The van der Waals surface area contributed by atoms with Crippen molar-refractivity contribution in [3.8, 4) is 5.75 Å². The van der Waals surface area contributed by atoms with E-state index in [-0.39, 0.29) is 5.54 Å². The van der Waals surface area contributed by atoms with E-state index in [1.807, 2.05) is 0 Å². The Morgan fingerprint density at radius 1 is 1.11 bits per heavy atom. The van der Waals surface area contributed by atoms with Gasteiger partial charge in [0.2, 0.25) is 5.91 Å². The van der Waals surface area contributed by atoms with Gasteiger partial charge in [-0.3, -0.25) is 4.79 Å². The van der Waals surface area contributed by atoms with Gasteiger partial charge >= 0.3 is 0 Å². The van der Waals surface area contributed by atoms with Gasteiger partial charge in [-0.15, -0.1) is 0 Å². The number of nitrogens with zero attached hydrogens (tertiary/aromatic N) is 1. The van der Waals surface area contributed by atoms with Crippen molar-refractivity contribution in [3.63, 3.8) is 0 Å². The van der Waals surface area contributed by atoms with Gasteiger partial charge in [0.1, 0.15) is 5.75 Å². The highest BCUT2D eigenvalue weighted by Crippen LogP contribution is 2.58. The summed E-state index contributed by atoms with van der Waals surface area (Å²) < 4.78 is 5.53. The average Bonchev–Trinajstić information content (AvgIpc) is 2.70. The summed E-state index contributed by atoms with van der Waals surface area (Å²) in [6.45, 7) is 0.994. The predicted octanol–water partition coefficient (Wildman–Crippen LogP) is 5.07. The third-order valence-electron chi connectivity index (χ3n) is 8.19. The molecule has 3 aliphatic carbocycles. The Bertz CT molecular complexity index is 723. The normalized spacial score (nSPS) is 33.4. The van der Waals surface area contributed by atoms with E-state index in [9.17, 15) is 4.79 Å². The van der Waals surface area contributed by atoms with E-state index in [1.54, 1.807) is 7.11 Å². The zero-order valence-corrected chi connectivity index (χ0v) is 16.7. The van der Waals surface area contributed by atoms with Crippen LogP contribution in [0.4, 0.5) is 0 Å². The number of benzene rings is 1. The molecule has 146 valence electrons. The van der Waals surface area contributed by atoms with Crippen molar-refractivity contribution in [2.45, 2.75) is 76.2 Å². The van der Waals surface area contributed by atoms with Crippen LogP contribution in [-0.2, 0) is 16.8 Å². The molecule has 1 aromatic rings. The number of ether oxygens (including phenoxy) is 1. The molecule has 0 aromatic heterocycles. The van der Waals surface area contributed by atoms with Crippen LogP contribution in [0, 0.1) is 17.8 Å². The van der Waals surface area contributed by atoms with E-state index in [0.717, 1.165) is 37.5 Å². The van der Waals surface area contributed by atoms with Crippen molar-refractivity contribution < 1.29 is 9.53 Å². The third-order valence-corrected chi connectivity index (χ3v) is 8.19. The highest BCUT2D eigenvalue weighted by Gasteiger charge is 2.57. The van der Waals surface area contributed by atoms with Crippen LogP contribution in [0.25, 0.3) is 0 Å². The molecule has 1 amide bonds. The van der Waals surface area contributed by atoms with Crippen LogP contribution in [0.2, 0.25) is 0 Å². The Balaban J connectivity index is 1.58. The second kappa shape index (κ2) is 6.83. The Hall–Kier alpha value is -1.51. The minimum atomic E-state index is -0.0322. The summed E-state index contributed by atoms with van der Waals surface area (Å²) in [7, 11) is 1.76. The zero-order valence-electron chi connectivity index (χ0n) is 16.7. The number of amides is 1. The maximum absolute atomic E-state index is 13.3. The van der Waals surface area contributed by atoms with Crippen molar-refractivity contribution >= 4 is 5.91 Å². The Kier molecular flexibility index (Phi) is 4.44. The molecule has 3 nitrogen and oxygen atoms in total.